The first-order chi connectivity index (χ1) is 10.1. The van der Waals surface area contributed by atoms with E-state index in [0.29, 0.717) is 12.3 Å². The van der Waals surface area contributed by atoms with E-state index >= 15 is 0 Å². The fraction of sp³-hybridized carbons (Fsp3) is 0.500. The highest BCUT2D eigenvalue weighted by molar-refractivity contribution is 5.77. The van der Waals surface area contributed by atoms with Gasteiger partial charge in [0.2, 0.25) is 5.91 Å². The van der Waals surface area contributed by atoms with Crippen LogP contribution in [0.25, 0.3) is 0 Å². The summed E-state index contributed by atoms with van der Waals surface area (Å²) < 4.78 is 5.82. The minimum absolute atomic E-state index is 0.0437. The first-order valence-electron chi connectivity index (χ1n) is 7.78. The second kappa shape index (κ2) is 7.30. The van der Waals surface area contributed by atoms with Crippen LogP contribution >= 0.6 is 0 Å². The Kier molecular flexibility index (Phi) is 5.43. The van der Waals surface area contributed by atoms with Crippen LogP contribution in [-0.4, -0.2) is 12.0 Å². The van der Waals surface area contributed by atoms with Crippen molar-refractivity contribution in [2.24, 2.45) is 5.92 Å². The lowest BCUT2D eigenvalue weighted by atomic mass is 10.0. The zero-order valence-corrected chi connectivity index (χ0v) is 13.1. The Hall–Kier alpha value is -1.77. The highest BCUT2D eigenvalue weighted by atomic mass is 16.5. The Bertz CT molecular complexity index is 508. The van der Waals surface area contributed by atoms with Crippen LogP contribution in [0.1, 0.15) is 51.6 Å². The summed E-state index contributed by atoms with van der Waals surface area (Å²) in [6, 6.07) is 7.86. The van der Waals surface area contributed by atoms with E-state index in [0.717, 1.165) is 24.2 Å². The van der Waals surface area contributed by atoms with Crippen molar-refractivity contribution in [3.8, 4) is 5.75 Å². The van der Waals surface area contributed by atoms with Gasteiger partial charge < -0.3 is 10.1 Å². The van der Waals surface area contributed by atoms with Gasteiger partial charge >= 0.3 is 0 Å². The van der Waals surface area contributed by atoms with Gasteiger partial charge in [0.15, 0.2) is 0 Å². The minimum atomic E-state index is -0.0437. The van der Waals surface area contributed by atoms with E-state index in [1.165, 1.54) is 0 Å². The van der Waals surface area contributed by atoms with Crippen molar-refractivity contribution >= 4 is 5.91 Å². The highest BCUT2D eigenvalue weighted by Crippen LogP contribution is 2.26. The Morgan fingerprint density at radius 3 is 2.76 bits per heavy atom. The zero-order chi connectivity index (χ0) is 15.2. The number of carbonyl (C=O) groups is 1. The monoisotopic (exact) mass is 287 g/mol. The van der Waals surface area contributed by atoms with Gasteiger partial charge in [0.1, 0.15) is 5.75 Å². The van der Waals surface area contributed by atoms with Gasteiger partial charge in [-0.25, -0.2) is 0 Å². The van der Waals surface area contributed by atoms with Crippen molar-refractivity contribution in [1.82, 2.24) is 5.32 Å². The van der Waals surface area contributed by atoms with E-state index in [9.17, 15) is 4.79 Å². The number of rotatable bonds is 6. The number of hydrogen-bond acceptors (Lipinski definition) is 2. The maximum atomic E-state index is 12.1. The second-order valence-electron chi connectivity index (χ2n) is 5.96. The van der Waals surface area contributed by atoms with E-state index in [1.807, 2.05) is 45.0 Å². The molecule has 1 aromatic carbocycles. The van der Waals surface area contributed by atoms with Gasteiger partial charge in [0.05, 0.1) is 12.1 Å². The Labute approximate surface area is 127 Å². The van der Waals surface area contributed by atoms with Crippen molar-refractivity contribution < 1.29 is 9.53 Å². The highest BCUT2D eigenvalue weighted by Gasteiger charge is 2.18. The van der Waals surface area contributed by atoms with Crippen molar-refractivity contribution in [2.45, 2.75) is 52.2 Å². The number of nitrogens with one attached hydrogen (secondary N) is 1. The van der Waals surface area contributed by atoms with Crippen LogP contribution in [0.5, 0.6) is 5.75 Å². The van der Waals surface area contributed by atoms with E-state index < -0.39 is 0 Å². The zero-order valence-electron chi connectivity index (χ0n) is 13.1. The molecule has 0 saturated heterocycles. The molecule has 114 valence electrons. The summed E-state index contributed by atoms with van der Waals surface area (Å²) in [7, 11) is 0. The minimum Gasteiger partial charge on any atom is -0.491 e. The summed E-state index contributed by atoms with van der Waals surface area (Å²) in [6.07, 6.45) is 7.20. The lowest BCUT2D eigenvalue weighted by Gasteiger charge is -2.20. The summed E-state index contributed by atoms with van der Waals surface area (Å²) in [5.41, 5.74) is 1.03. The van der Waals surface area contributed by atoms with Gasteiger partial charge in [0.25, 0.3) is 0 Å². The van der Waals surface area contributed by atoms with Gasteiger partial charge in [0, 0.05) is 12.0 Å². The molecule has 0 heterocycles. The van der Waals surface area contributed by atoms with Gasteiger partial charge in [-0.3, -0.25) is 4.79 Å². The molecular weight excluding hydrogens is 262 g/mol. The molecule has 1 aliphatic rings. The molecule has 2 rings (SSSR count). The van der Waals surface area contributed by atoms with E-state index in [2.05, 4.69) is 17.5 Å². The Morgan fingerprint density at radius 2 is 2.10 bits per heavy atom. The number of benzene rings is 1. The molecule has 0 radical (unpaired) electrons. The maximum absolute atomic E-state index is 12.1. The molecule has 1 amide bonds. The molecule has 0 fully saturated rings. The molecular formula is C18H25NO2. The molecule has 1 aliphatic carbocycles. The molecule has 1 N–H and O–H groups in total. The first-order valence-corrected chi connectivity index (χ1v) is 7.78. The first kappa shape index (κ1) is 15.6. The Morgan fingerprint density at radius 1 is 1.33 bits per heavy atom. The third kappa shape index (κ3) is 4.62. The Balaban J connectivity index is 1.97. The van der Waals surface area contributed by atoms with Crippen molar-refractivity contribution in [3.05, 3.63) is 42.0 Å². The van der Waals surface area contributed by atoms with Crippen molar-refractivity contribution in [3.63, 3.8) is 0 Å². The second-order valence-corrected chi connectivity index (χ2v) is 5.96. The lowest BCUT2D eigenvalue weighted by molar-refractivity contribution is -0.122. The molecule has 2 atom stereocenters. The fourth-order valence-corrected chi connectivity index (χ4v) is 2.68. The van der Waals surface area contributed by atoms with Gasteiger partial charge in [-0.05, 0) is 45.6 Å². The summed E-state index contributed by atoms with van der Waals surface area (Å²) in [5.74, 6) is 1.36. The largest absolute Gasteiger partial charge is 0.491 e. The average Bonchev–Trinajstić information content (AvgIpc) is 2.91. The van der Waals surface area contributed by atoms with Gasteiger partial charge in [-0.15, -0.1) is 0 Å². The van der Waals surface area contributed by atoms with Crippen LogP contribution in [0.15, 0.2) is 36.4 Å². The van der Waals surface area contributed by atoms with E-state index in [1.54, 1.807) is 0 Å². The topological polar surface area (TPSA) is 38.3 Å². The molecule has 0 spiro atoms. The quantitative estimate of drug-likeness (QED) is 0.803. The number of carbonyl (C=O) groups excluding carboxylic acids is 1. The normalized spacial score (nSPS) is 18.8. The maximum Gasteiger partial charge on any atom is 0.221 e. The van der Waals surface area contributed by atoms with E-state index in [4.69, 9.17) is 4.74 Å². The van der Waals surface area contributed by atoms with Crippen LogP contribution in [0.3, 0.4) is 0 Å². The third-order valence-corrected chi connectivity index (χ3v) is 3.69. The SMILES string of the molecule is CC(C)Oc1ccccc1[C@H](C)NC(=O)C[C@@H]1C=CCC1. The standard InChI is InChI=1S/C18H25NO2/c1-13(2)21-17-11-7-6-10-16(17)14(3)19-18(20)12-15-8-4-5-9-15/h4,6-8,10-11,13-15H,5,9,12H2,1-3H3,(H,19,20)/t14-,15+/m0/s1. The van der Waals surface area contributed by atoms with Crippen LogP contribution in [-0.2, 0) is 4.79 Å². The molecule has 0 aromatic heterocycles. The number of para-hydroxylation sites is 1. The molecule has 1 aromatic rings. The fourth-order valence-electron chi connectivity index (χ4n) is 2.68. The molecule has 3 nitrogen and oxygen atoms in total. The van der Waals surface area contributed by atoms with Crippen LogP contribution in [0.2, 0.25) is 0 Å². The van der Waals surface area contributed by atoms with Crippen LogP contribution in [0.4, 0.5) is 0 Å². The summed E-state index contributed by atoms with van der Waals surface area (Å²) in [5, 5.41) is 3.08. The molecule has 0 saturated carbocycles. The summed E-state index contributed by atoms with van der Waals surface area (Å²) in [4.78, 5) is 12.1. The average molecular weight is 287 g/mol. The number of allylic oxidation sites excluding steroid dienone is 2. The smallest absolute Gasteiger partial charge is 0.221 e. The van der Waals surface area contributed by atoms with Crippen LogP contribution < -0.4 is 10.1 Å². The predicted molar refractivity (Wildman–Crippen MR) is 85.2 cm³/mol. The van der Waals surface area contributed by atoms with Crippen LogP contribution in [0, 0.1) is 5.92 Å². The molecule has 21 heavy (non-hydrogen) atoms. The predicted octanol–water partition coefficient (Wildman–Crippen LogP) is 4.01. The number of amides is 1. The molecule has 3 heteroatoms. The lowest BCUT2D eigenvalue weighted by Crippen LogP contribution is -2.28. The molecule has 0 bridgehead atoms. The van der Waals surface area contributed by atoms with Gasteiger partial charge in [-0.2, -0.15) is 0 Å². The number of hydrogen-bond donors (Lipinski definition) is 1. The molecule has 0 unspecified atom stereocenters. The van der Waals surface area contributed by atoms with Crippen molar-refractivity contribution in [1.29, 1.82) is 0 Å². The molecule has 0 aliphatic heterocycles. The summed E-state index contributed by atoms with van der Waals surface area (Å²) >= 11 is 0. The van der Waals surface area contributed by atoms with Gasteiger partial charge in [-0.1, -0.05) is 30.4 Å². The van der Waals surface area contributed by atoms with Crippen molar-refractivity contribution in [2.75, 3.05) is 0 Å². The van der Waals surface area contributed by atoms with E-state index in [-0.39, 0.29) is 18.1 Å². The third-order valence-electron chi connectivity index (χ3n) is 3.69. The number of ether oxygens (including phenoxy) is 1. The summed E-state index contributed by atoms with van der Waals surface area (Å²) in [6.45, 7) is 6.02.